The lowest BCUT2D eigenvalue weighted by molar-refractivity contribution is 0.105. The van der Waals surface area contributed by atoms with Crippen LogP contribution in [0, 0.1) is 11.6 Å². The van der Waals surface area contributed by atoms with Crippen LogP contribution in [0.5, 0.6) is 0 Å². The number of rotatable bonds is 10. The Morgan fingerprint density at radius 3 is 1.83 bits per heavy atom. The number of carboxylic acid groups (broad SMARTS) is 1. The number of carbonyl (C=O) groups is 1. The number of nitrogens with zero attached hydrogens (tertiary/aromatic N) is 1. The molecule has 2 unspecified atom stereocenters. The molecule has 0 saturated heterocycles. The molecule has 158 valence electrons. The molecule has 0 heterocycles. The van der Waals surface area contributed by atoms with E-state index >= 15 is 0 Å². The van der Waals surface area contributed by atoms with Crippen molar-refractivity contribution >= 4 is 6.09 Å². The third kappa shape index (κ3) is 6.22. The van der Waals surface area contributed by atoms with E-state index in [2.05, 4.69) is 0 Å². The second-order valence-electron chi connectivity index (χ2n) is 6.86. The number of hydrogen-bond acceptors (Lipinski definition) is 4. The number of nitrogens with two attached hydrogens (primary N) is 1. The first-order chi connectivity index (χ1) is 13.9. The highest BCUT2D eigenvalue weighted by Crippen LogP contribution is 2.28. The van der Waals surface area contributed by atoms with Gasteiger partial charge in [0, 0.05) is 31.6 Å². The van der Waals surface area contributed by atoms with Gasteiger partial charge in [0.1, 0.15) is 11.6 Å². The monoisotopic (exact) mass is 408 g/mol. The topological polar surface area (TPSA) is 107 Å². The quantitative estimate of drug-likeness (QED) is 0.452. The molecule has 1 amide bonds. The van der Waals surface area contributed by atoms with Crippen LogP contribution in [0.3, 0.4) is 0 Å². The molecule has 29 heavy (non-hydrogen) atoms. The Bertz CT molecular complexity index is 771. The molecule has 0 saturated carbocycles. The van der Waals surface area contributed by atoms with Gasteiger partial charge < -0.3 is 21.1 Å². The zero-order valence-corrected chi connectivity index (χ0v) is 15.9. The molecule has 0 aliphatic heterocycles. The van der Waals surface area contributed by atoms with E-state index in [4.69, 9.17) is 5.73 Å². The van der Waals surface area contributed by atoms with Gasteiger partial charge in [0.05, 0.1) is 6.17 Å². The Hall–Kier alpha value is -2.55. The maximum Gasteiger partial charge on any atom is 0.408 e. The van der Waals surface area contributed by atoms with E-state index in [1.807, 2.05) is 0 Å². The van der Waals surface area contributed by atoms with Gasteiger partial charge in [-0.1, -0.05) is 24.3 Å². The van der Waals surface area contributed by atoms with Crippen molar-refractivity contribution in [3.8, 4) is 0 Å². The van der Waals surface area contributed by atoms with E-state index in [1.54, 1.807) is 12.1 Å². The minimum absolute atomic E-state index is 0.0220. The Labute approximate surface area is 168 Å². The minimum atomic E-state index is -1.26. The van der Waals surface area contributed by atoms with Gasteiger partial charge in [-0.15, -0.1) is 0 Å². The van der Waals surface area contributed by atoms with E-state index in [1.165, 1.54) is 36.4 Å². The molecule has 6 nitrogen and oxygen atoms in total. The SMILES string of the molecule is NC(C(CCO)c1ccc(F)cc1)N(C[C@@H](CCO)c1ccc(F)cc1)C(=O)O. The van der Waals surface area contributed by atoms with Crippen molar-refractivity contribution in [1.82, 2.24) is 4.90 Å². The zero-order chi connectivity index (χ0) is 21.4. The molecule has 0 spiro atoms. The summed E-state index contributed by atoms with van der Waals surface area (Å²) in [5.41, 5.74) is 7.57. The van der Waals surface area contributed by atoms with Crippen molar-refractivity contribution < 1.29 is 28.9 Å². The molecule has 0 aromatic heterocycles. The van der Waals surface area contributed by atoms with E-state index < -0.39 is 35.7 Å². The number of aliphatic hydroxyl groups is 2. The Morgan fingerprint density at radius 2 is 1.38 bits per heavy atom. The minimum Gasteiger partial charge on any atom is -0.465 e. The predicted octanol–water partition coefficient (Wildman–Crippen LogP) is 2.86. The van der Waals surface area contributed by atoms with Crippen molar-refractivity contribution in [2.24, 2.45) is 5.73 Å². The van der Waals surface area contributed by atoms with E-state index in [0.29, 0.717) is 11.1 Å². The van der Waals surface area contributed by atoms with Gasteiger partial charge in [0.15, 0.2) is 0 Å². The lowest BCUT2D eigenvalue weighted by Gasteiger charge is -2.35. The highest BCUT2D eigenvalue weighted by atomic mass is 19.1. The number of halogens is 2. The lowest BCUT2D eigenvalue weighted by atomic mass is 9.90. The van der Waals surface area contributed by atoms with Crippen LogP contribution < -0.4 is 5.73 Å². The molecule has 2 rings (SSSR count). The molecule has 0 radical (unpaired) electrons. The summed E-state index contributed by atoms with van der Waals surface area (Å²) in [4.78, 5) is 13.0. The summed E-state index contributed by atoms with van der Waals surface area (Å²) in [6.07, 6.45) is -1.81. The van der Waals surface area contributed by atoms with Gasteiger partial charge in [-0.3, -0.25) is 4.90 Å². The van der Waals surface area contributed by atoms with Gasteiger partial charge in [-0.25, -0.2) is 13.6 Å². The Kier molecular flexibility index (Phi) is 8.50. The summed E-state index contributed by atoms with van der Waals surface area (Å²) in [5, 5.41) is 28.6. The lowest BCUT2D eigenvalue weighted by Crippen LogP contribution is -2.50. The normalized spacial score (nSPS) is 14.2. The molecule has 0 aliphatic rings. The molecular formula is C21H26F2N2O4. The molecule has 0 fully saturated rings. The van der Waals surface area contributed by atoms with Crippen molar-refractivity contribution in [2.75, 3.05) is 19.8 Å². The summed E-state index contributed by atoms with van der Waals surface area (Å²) in [6.45, 7) is -0.421. The number of benzene rings is 2. The van der Waals surface area contributed by atoms with Crippen molar-refractivity contribution in [3.05, 3.63) is 71.3 Å². The first-order valence-corrected chi connectivity index (χ1v) is 9.35. The summed E-state index contributed by atoms with van der Waals surface area (Å²) in [5.74, 6) is -1.80. The number of aliphatic hydroxyl groups excluding tert-OH is 2. The van der Waals surface area contributed by atoms with Crippen LogP contribution in [0.4, 0.5) is 13.6 Å². The first-order valence-electron chi connectivity index (χ1n) is 9.35. The highest BCUT2D eigenvalue weighted by molar-refractivity contribution is 5.65. The second-order valence-corrected chi connectivity index (χ2v) is 6.86. The number of amides is 1. The van der Waals surface area contributed by atoms with Gasteiger partial charge in [-0.2, -0.15) is 0 Å². The maximum absolute atomic E-state index is 13.3. The summed E-state index contributed by atoms with van der Waals surface area (Å²) in [7, 11) is 0. The molecule has 5 N–H and O–H groups in total. The van der Waals surface area contributed by atoms with Crippen LogP contribution in [0.15, 0.2) is 48.5 Å². The van der Waals surface area contributed by atoms with Crippen molar-refractivity contribution in [2.45, 2.75) is 30.8 Å². The third-order valence-corrected chi connectivity index (χ3v) is 4.99. The molecule has 2 aromatic carbocycles. The van der Waals surface area contributed by atoms with Crippen LogP contribution >= 0.6 is 0 Å². The molecule has 8 heteroatoms. The van der Waals surface area contributed by atoms with E-state index in [0.717, 1.165) is 4.90 Å². The smallest absolute Gasteiger partial charge is 0.408 e. The van der Waals surface area contributed by atoms with Crippen LogP contribution in [0.1, 0.15) is 35.8 Å². The van der Waals surface area contributed by atoms with Crippen LogP contribution in [0.2, 0.25) is 0 Å². The van der Waals surface area contributed by atoms with E-state index in [9.17, 15) is 28.9 Å². The van der Waals surface area contributed by atoms with Gasteiger partial charge in [-0.05, 0) is 48.2 Å². The predicted molar refractivity (Wildman–Crippen MR) is 104 cm³/mol. The first kappa shape index (κ1) is 22.7. The third-order valence-electron chi connectivity index (χ3n) is 4.99. The summed E-state index contributed by atoms with van der Waals surface area (Å²) in [6, 6.07) is 11.2. The zero-order valence-electron chi connectivity index (χ0n) is 15.9. The average Bonchev–Trinajstić information content (AvgIpc) is 2.70. The van der Waals surface area contributed by atoms with Gasteiger partial charge in [0.25, 0.3) is 0 Å². The van der Waals surface area contributed by atoms with Crippen molar-refractivity contribution in [3.63, 3.8) is 0 Å². The van der Waals surface area contributed by atoms with Crippen LogP contribution in [-0.2, 0) is 0 Å². The second kappa shape index (κ2) is 10.8. The fourth-order valence-corrected chi connectivity index (χ4v) is 3.42. The highest BCUT2D eigenvalue weighted by Gasteiger charge is 2.31. The summed E-state index contributed by atoms with van der Waals surface area (Å²) < 4.78 is 26.5. The maximum atomic E-state index is 13.3. The average molecular weight is 408 g/mol. The molecule has 0 bridgehead atoms. The molecule has 0 aliphatic carbocycles. The fourth-order valence-electron chi connectivity index (χ4n) is 3.42. The van der Waals surface area contributed by atoms with Gasteiger partial charge >= 0.3 is 6.09 Å². The summed E-state index contributed by atoms with van der Waals surface area (Å²) >= 11 is 0. The Balaban J connectivity index is 2.29. The van der Waals surface area contributed by atoms with Crippen LogP contribution in [0.25, 0.3) is 0 Å². The van der Waals surface area contributed by atoms with E-state index in [-0.39, 0.29) is 32.6 Å². The number of hydrogen-bond donors (Lipinski definition) is 4. The largest absolute Gasteiger partial charge is 0.465 e. The van der Waals surface area contributed by atoms with Crippen molar-refractivity contribution in [1.29, 1.82) is 0 Å². The fraction of sp³-hybridized carbons (Fsp3) is 0.381. The Morgan fingerprint density at radius 1 is 0.897 bits per heavy atom. The molecule has 2 aromatic rings. The molecule has 3 atom stereocenters. The van der Waals surface area contributed by atoms with Gasteiger partial charge in [0.2, 0.25) is 0 Å². The van der Waals surface area contributed by atoms with Crippen LogP contribution in [-0.4, -0.2) is 52.2 Å². The standard InChI is InChI=1S/C21H26F2N2O4/c22-17-5-1-14(2-6-17)16(9-11-26)13-25(21(28)29)20(24)19(10-12-27)15-3-7-18(23)8-4-15/h1-8,16,19-20,26-27H,9-13,24H2,(H,28,29)/t16-,19?,20?/m1/s1. The molecular weight excluding hydrogens is 382 g/mol.